The van der Waals surface area contributed by atoms with E-state index in [1.54, 1.807) is 30.9 Å². The number of carbonyl (C=O) groups excluding carboxylic acids is 1. The van der Waals surface area contributed by atoms with E-state index in [0.29, 0.717) is 41.7 Å². The maximum Gasteiger partial charge on any atom is 0.169 e. The molecule has 1 aliphatic heterocycles. The first kappa shape index (κ1) is 23.7. The number of rotatable bonds is 6. The van der Waals surface area contributed by atoms with Crippen molar-refractivity contribution in [3.63, 3.8) is 0 Å². The first-order valence-electron chi connectivity index (χ1n) is 12.0. The lowest BCUT2D eigenvalue weighted by Gasteiger charge is -2.27. The van der Waals surface area contributed by atoms with Crippen molar-refractivity contribution in [2.75, 3.05) is 36.5 Å². The largest absolute Gasteiger partial charge is 0.378 e. The normalized spacial score (nSPS) is 14.1. The number of hydrogen-bond donors (Lipinski definition) is 1. The topological polar surface area (TPSA) is 106 Å². The summed E-state index contributed by atoms with van der Waals surface area (Å²) in [4.78, 5) is 37.9. The molecule has 0 atom stereocenters. The van der Waals surface area contributed by atoms with Gasteiger partial charge in [0.25, 0.3) is 0 Å². The highest BCUT2D eigenvalue weighted by Crippen LogP contribution is 2.22. The molecular formula is C27H29N7O2. The molecule has 5 heterocycles. The minimum Gasteiger partial charge on any atom is -0.378 e. The molecule has 0 amide bonds. The number of carbonyl (C=O) groups is 1. The second-order valence-electron chi connectivity index (χ2n) is 9.83. The molecule has 0 unspecified atom stereocenters. The molecule has 0 bridgehead atoms. The van der Waals surface area contributed by atoms with E-state index >= 15 is 0 Å². The summed E-state index contributed by atoms with van der Waals surface area (Å²) in [5, 5.41) is 4.23. The molecular weight excluding hydrogens is 454 g/mol. The number of fused-ring (bicyclic) bond motifs is 1. The van der Waals surface area contributed by atoms with Gasteiger partial charge in [-0.25, -0.2) is 15.0 Å². The molecule has 4 aromatic rings. The monoisotopic (exact) mass is 483 g/mol. The first-order chi connectivity index (χ1) is 17.3. The van der Waals surface area contributed by atoms with Crippen LogP contribution in [0, 0.1) is 0 Å². The Morgan fingerprint density at radius 1 is 1.00 bits per heavy atom. The van der Waals surface area contributed by atoms with Crippen LogP contribution in [-0.4, -0.2) is 62.5 Å². The Morgan fingerprint density at radius 3 is 2.64 bits per heavy atom. The van der Waals surface area contributed by atoms with Gasteiger partial charge in [-0.05, 0) is 51.1 Å². The van der Waals surface area contributed by atoms with Crippen LogP contribution in [0.15, 0.2) is 55.1 Å². The van der Waals surface area contributed by atoms with Crippen LogP contribution in [-0.2, 0) is 11.2 Å². The Bertz CT molecular complexity index is 1390. The van der Waals surface area contributed by atoms with Crippen molar-refractivity contribution in [3.8, 4) is 11.4 Å². The summed E-state index contributed by atoms with van der Waals surface area (Å²) in [6.07, 6.45) is 7.02. The fourth-order valence-electron chi connectivity index (χ4n) is 4.05. The van der Waals surface area contributed by atoms with Crippen LogP contribution in [0.25, 0.3) is 22.3 Å². The van der Waals surface area contributed by atoms with E-state index < -0.39 is 0 Å². The number of Topliss-reactive ketones (excluding diaryl/α,β-unsaturated/α-hetero) is 1. The molecule has 1 fully saturated rings. The Kier molecular flexibility index (Phi) is 6.56. The first-order valence-corrected chi connectivity index (χ1v) is 12.0. The van der Waals surface area contributed by atoms with Gasteiger partial charge in [0.1, 0.15) is 17.3 Å². The van der Waals surface area contributed by atoms with E-state index in [4.69, 9.17) is 9.72 Å². The van der Waals surface area contributed by atoms with Gasteiger partial charge < -0.3 is 15.0 Å². The molecule has 0 radical (unpaired) electrons. The lowest BCUT2D eigenvalue weighted by molar-refractivity contribution is 0.0992. The third kappa shape index (κ3) is 5.63. The van der Waals surface area contributed by atoms with Crippen LogP contribution in [0.4, 0.5) is 11.6 Å². The van der Waals surface area contributed by atoms with Gasteiger partial charge in [0, 0.05) is 42.0 Å². The zero-order valence-electron chi connectivity index (χ0n) is 20.7. The fraction of sp³-hybridized carbons (Fsp3) is 0.333. The number of hydrogen-bond acceptors (Lipinski definition) is 9. The van der Waals surface area contributed by atoms with Gasteiger partial charge in [-0.2, -0.15) is 0 Å². The van der Waals surface area contributed by atoms with E-state index in [0.717, 1.165) is 29.8 Å². The summed E-state index contributed by atoms with van der Waals surface area (Å²) in [7, 11) is 0. The van der Waals surface area contributed by atoms with Crippen molar-refractivity contribution in [2.45, 2.75) is 32.7 Å². The third-order valence-electron chi connectivity index (χ3n) is 5.77. The van der Waals surface area contributed by atoms with E-state index in [1.807, 2.05) is 24.3 Å². The fourth-order valence-corrected chi connectivity index (χ4v) is 4.05. The van der Waals surface area contributed by atoms with E-state index in [2.05, 4.69) is 50.9 Å². The molecule has 0 spiro atoms. The van der Waals surface area contributed by atoms with Crippen LogP contribution in [0.2, 0.25) is 0 Å². The maximum atomic E-state index is 13.1. The zero-order valence-corrected chi connectivity index (χ0v) is 20.7. The second-order valence-corrected chi connectivity index (χ2v) is 9.83. The second kappa shape index (κ2) is 9.94. The van der Waals surface area contributed by atoms with Gasteiger partial charge in [0.15, 0.2) is 5.78 Å². The molecule has 0 aliphatic carbocycles. The summed E-state index contributed by atoms with van der Waals surface area (Å²) in [6, 6.07) is 9.33. The van der Waals surface area contributed by atoms with E-state index in [1.165, 1.54) is 0 Å². The Balaban J connectivity index is 1.36. The van der Waals surface area contributed by atoms with Crippen LogP contribution < -0.4 is 10.2 Å². The van der Waals surface area contributed by atoms with Crippen LogP contribution in [0.3, 0.4) is 0 Å². The Morgan fingerprint density at radius 2 is 1.83 bits per heavy atom. The highest BCUT2D eigenvalue weighted by atomic mass is 16.5. The molecule has 9 heteroatoms. The molecule has 5 rings (SSSR count). The molecule has 4 aromatic heterocycles. The van der Waals surface area contributed by atoms with Gasteiger partial charge in [-0.1, -0.05) is 0 Å². The maximum absolute atomic E-state index is 13.1. The standard InChI is InChI=1S/C27H29N7O2/c1-27(2,3)33-25-17-28-16-23(32-25)21-5-4-19-15-30-20(13-22(19)31-21)14-24(35)18-6-7-29-26(12-18)34-8-10-36-11-9-34/h4-7,12-13,15-17H,8-11,14H2,1-3H3,(H,32,33). The molecule has 0 saturated carbocycles. The molecule has 1 N–H and O–H groups in total. The molecule has 9 nitrogen and oxygen atoms in total. The van der Waals surface area contributed by atoms with Crippen LogP contribution in [0.1, 0.15) is 36.8 Å². The van der Waals surface area contributed by atoms with Crippen molar-refractivity contribution in [1.29, 1.82) is 0 Å². The lowest BCUT2D eigenvalue weighted by Crippen LogP contribution is -2.36. The van der Waals surface area contributed by atoms with Crippen molar-refractivity contribution < 1.29 is 9.53 Å². The zero-order chi connectivity index (χ0) is 25.1. The highest BCUT2D eigenvalue weighted by Gasteiger charge is 2.16. The van der Waals surface area contributed by atoms with Gasteiger partial charge in [-0.15, -0.1) is 0 Å². The molecule has 36 heavy (non-hydrogen) atoms. The molecule has 184 valence electrons. The SMILES string of the molecule is CC(C)(C)Nc1cncc(-c2ccc3cnc(CC(=O)c4ccnc(N5CCOCC5)c4)cc3n2)n1. The van der Waals surface area contributed by atoms with Crippen LogP contribution >= 0.6 is 0 Å². The predicted octanol–water partition coefficient (Wildman–Crippen LogP) is 3.95. The smallest absolute Gasteiger partial charge is 0.169 e. The van der Waals surface area contributed by atoms with Crippen LogP contribution in [0.5, 0.6) is 0 Å². The van der Waals surface area contributed by atoms with Crippen molar-refractivity contribution >= 4 is 28.3 Å². The third-order valence-corrected chi connectivity index (χ3v) is 5.77. The summed E-state index contributed by atoms with van der Waals surface area (Å²) >= 11 is 0. The lowest BCUT2D eigenvalue weighted by atomic mass is 10.1. The number of ketones is 1. The number of pyridine rings is 3. The van der Waals surface area contributed by atoms with Gasteiger partial charge in [0.05, 0.1) is 48.9 Å². The van der Waals surface area contributed by atoms with E-state index in [-0.39, 0.29) is 17.7 Å². The highest BCUT2D eigenvalue weighted by molar-refractivity contribution is 5.98. The van der Waals surface area contributed by atoms with E-state index in [9.17, 15) is 4.79 Å². The summed E-state index contributed by atoms with van der Waals surface area (Å²) < 4.78 is 5.41. The summed E-state index contributed by atoms with van der Waals surface area (Å²) in [5.41, 5.74) is 3.29. The van der Waals surface area contributed by atoms with Crippen molar-refractivity contribution in [3.05, 3.63) is 66.4 Å². The predicted molar refractivity (Wildman–Crippen MR) is 139 cm³/mol. The van der Waals surface area contributed by atoms with Gasteiger partial charge >= 0.3 is 0 Å². The number of nitrogens with one attached hydrogen (secondary N) is 1. The number of anilines is 2. The summed E-state index contributed by atoms with van der Waals surface area (Å²) in [6.45, 7) is 9.08. The van der Waals surface area contributed by atoms with Gasteiger partial charge in [-0.3, -0.25) is 14.8 Å². The minimum absolute atomic E-state index is 0.0123. The summed E-state index contributed by atoms with van der Waals surface area (Å²) in [5.74, 6) is 1.48. The Labute approximate surface area is 210 Å². The minimum atomic E-state index is -0.130. The quantitative estimate of drug-likeness (QED) is 0.408. The molecule has 1 aliphatic rings. The van der Waals surface area contributed by atoms with Gasteiger partial charge in [0.2, 0.25) is 0 Å². The molecule has 0 aromatic carbocycles. The van der Waals surface area contributed by atoms with Crippen molar-refractivity contribution in [1.82, 2.24) is 24.9 Å². The number of aromatic nitrogens is 5. The number of morpholine rings is 1. The number of nitrogens with zero attached hydrogens (tertiary/aromatic N) is 6. The average Bonchev–Trinajstić information content (AvgIpc) is 2.88. The molecule has 1 saturated heterocycles. The van der Waals surface area contributed by atoms with Crippen molar-refractivity contribution in [2.24, 2.45) is 0 Å². The number of ether oxygens (including phenoxy) is 1. The average molecular weight is 484 g/mol. The Hall–Kier alpha value is -3.98.